The van der Waals surface area contributed by atoms with E-state index in [0.29, 0.717) is 15.8 Å². The zero-order valence-corrected chi connectivity index (χ0v) is 16.2. The zero-order valence-electron chi connectivity index (χ0n) is 14.7. The van der Waals surface area contributed by atoms with Crippen LogP contribution in [0.25, 0.3) is 0 Å². The average molecular weight is 397 g/mol. The number of aliphatic imine (C=N–C) groups is 1. The van der Waals surface area contributed by atoms with Gasteiger partial charge in [0.15, 0.2) is 0 Å². The molecule has 0 atom stereocenters. The Morgan fingerprint density at radius 2 is 1.26 bits per heavy atom. The van der Waals surface area contributed by atoms with Gasteiger partial charge in [-0.05, 0) is 43.3 Å². The Kier molecular flexibility index (Phi) is 6.12. The average Bonchev–Trinajstić information content (AvgIpc) is 2.66. The molecule has 0 radical (unpaired) electrons. The van der Waals surface area contributed by atoms with Gasteiger partial charge in [0.05, 0.1) is 11.4 Å². The molecule has 0 heterocycles. The Bertz CT molecular complexity index is 913. The van der Waals surface area contributed by atoms with Crippen molar-refractivity contribution in [2.75, 3.05) is 0 Å². The van der Waals surface area contributed by atoms with Crippen molar-refractivity contribution in [3.05, 3.63) is 99.5 Å². The summed E-state index contributed by atoms with van der Waals surface area (Å²) >= 11 is 12.0. The van der Waals surface area contributed by atoms with E-state index in [4.69, 9.17) is 28.9 Å². The maximum absolute atomic E-state index is 6.00. The number of nitrogens with one attached hydrogen (secondary N) is 1. The first-order chi connectivity index (χ1) is 13.0. The molecule has 3 aromatic carbocycles. The maximum Gasteiger partial charge on any atom is 0.214 e. The van der Waals surface area contributed by atoms with E-state index in [-0.39, 0.29) is 5.96 Å². The molecule has 0 saturated carbocycles. The Balaban J connectivity index is 1.90. The molecule has 0 unspecified atom stereocenters. The molecule has 0 bridgehead atoms. The fourth-order valence-electron chi connectivity index (χ4n) is 2.41. The van der Waals surface area contributed by atoms with Crippen molar-refractivity contribution in [3.63, 3.8) is 0 Å². The maximum atomic E-state index is 6.00. The van der Waals surface area contributed by atoms with Crippen LogP contribution in [0.4, 0.5) is 5.69 Å². The van der Waals surface area contributed by atoms with Gasteiger partial charge in [-0.25, -0.2) is 10.4 Å². The van der Waals surface area contributed by atoms with Crippen molar-refractivity contribution in [2.24, 2.45) is 15.8 Å². The van der Waals surface area contributed by atoms with Crippen molar-refractivity contribution < 1.29 is 0 Å². The minimum absolute atomic E-state index is 0.194. The van der Waals surface area contributed by atoms with E-state index in [1.165, 1.54) is 0 Å². The van der Waals surface area contributed by atoms with Gasteiger partial charge in [-0.15, -0.1) is 0 Å². The second kappa shape index (κ2) is 8.71. The third-order valence-electron chi connectivity index (χ3n) is 3.80. The van der Waals surface area contributed by atoms with E-state index in [0.717, 1.165) is 22.4 Å². The number of nitrogens with two attached hydrogens (primary N) is 1. The molecule has 3 N–H and O–H groups in total. The second-order valence-electron chi connectivity index (χ2n) is 5.92. The van der Waals surface area contributed by atoms with E-state index in [2.05, 4.69) is 15.5 Å². The molecular weight excluding hydrogens is 379 g/mol. The zero-order chi connectivity index (χ0) is 19.2. The summed E-state index contributed by atoms with van der Waals surface area (Å²) in [5.41, 5.74) is 13.2. The number of aryl methyl sites for hydroxylation is 1. The Hall–Kier alpha value is -2.82. The molecular formula is C21H18Cl2N4. The van der Waals surface area contributed by atoms with Crippen molar-refractivity contribution in [2.45, 2.75) is 6.92 Å². The van der Waals surface area contributed by atoms with Gasteiger partial charge in [0.2, 0.25) is 5.96 Å². The van der Waals surface area contributed by atoms with Crippen LogP contribution in [0.15, 0.2) is 82.9 Å². The van der Waals surface area contributed by atoms with Gasteiger partial charge in [-0.2, -0.15) is 5.10 Å². The number of rotatable bonds is 4. The van der Waals surface area contributed by atoms with Crippen LogP contribution in [0.3, 0.4) is 0 Å². The summed E-state index contributed by atoms with van der Waals surface area (Å²) in [4.78, 5) is 4.32. The molecule has 0 aliphatic carbocycles. The lowest BCUT2D eigenvalue weighted by Gasteiger charge is -2.09. The highest BCUT2D eigenvalue weighted by Gasteiger charge is 2.08. The summed E-state index contributed by atoms with van der Waals surface area (Å²) < 4.78 is 0. The predicted octanol–water partition coefficient (Wildman–Crippen LogP) is 5.29. The molecule has 27 heavy (non-hydrogen) atoms. The van der Waals surface area contributed by atoms with E-state index >= 15 is 0 Å². The van der Waals surface area contributed by atoms with Crippen molar-refractivity contribution in [1.29, 1.82) is 0 Å². The fourth-order valence-corrected chi connectivity index (χ4v) is 2.66. The van der Waals surface area contributed by atoms with Gasteiger partial charge < -0.3 is 5.73 Å². The molecule has 4 nitrogen and oxygen atoms in total. The van der Waals surface area contributed by atoms with Crippen LogP contribution in [0, 0.1) is 6.92 Å². The van der Waals surface area contributed by atoms with Gasteiger partial charge in [0.1, 0.15) is 0 Å². The minimum atomic E-state index is 0.194. The van der Waals surface area contributed by atoms with Crippen molar-refractivity contribution in [1.82, 2.24) is 5.43 Å². The minimum Gasteiger partial charge on any atom is -0.368 e. The largest absolute Gasteiger partial charge is 0.368 e. The SMILES string of the molecule is Cc1ccc(N=C(N)NN=C(c2ccc(Cl)cc2)c2ccc(Cl)cc2)cc1. The van der Waals surface area contributed by atoms with Gasteiger partial charge >= 0.3 is 0 Å². The van der Waals surface area contributed by atoms with E-state index in [1.807, 2.05) is 79.7 Å². The molecule has 0 saturated heterocycles. The van der Waals surface area contributed by atoms with Crippen LogP contribution < -0.4 is 11.2 Å². The number of hydrogen-bond donors (Lipinski definition) is 2. The lowest BCUT2D eigenvalue weighted by Crippen LogP contribution is -2.28. The van der Waals surface area contributed by atoms with Gasteiger partial charge in [0.25, 0.3) is 0 Å². The normalized spacial score (nSPS) is 11.1. The summed E-state index contributed by atoms with van der Waals surface area (Å²) in [5.74, 6) is 0.194. The highest BCUT2D eigenvalue weighted by molar-refractivity contribution is 6.31. The Labute approximate surface area is 168 Å². The summed E-state index contributed by atoms with van der Waals surface area (Å²) in [5, 5.41) is 5.77. The monoisotopic (exact) mass is 396 g/mol. The Morgan fingerprint density at radius 1 is 0.778 bits per heavy atom. The fraction of sp³-hybridized carbons (Fsp3) is 0.0476. The van der Waals surface area contributed by atoms with Crippen LogP contribution in [0.2, 0.25) is 10.0 Å². The topological polar surface area (TPSA) is 62.8 Å². The first kappa shape index (κ1) is 19.0. The van der Waals surface area contributed by atoms with Gasteiger partial charge in [0, 0.05) is 21.2 Å². The summed E-state index contributed by atoms with van der Waals surface area (Å²) in [7, 11) is 0. The van der Waals surface area contributed by atoms with Gasteiger partial charge in [-0.1, -0.05) is 65.2 Å². The summed E-state index contributed by atoms with van der Waals surface area (Å²) in [6, 6.07) is 22.6. The number of hydrogen-bond acceptors (Lipinski definition) is 2. The number of halogens is 2. The van der Waals surface area contributed by atoms with Crippen molar-refractivity contribution >= 4 is 40.6 Å². The number of nitrogens with zero attached hydrogens (tertiary/aromatic N) is 2. The molecule has 6 heteroatoms. The number of hydrazone groups is 1. The van der Waals surface area contributed by atoms with E-state index < -0.39 is 0 Å². The van der Waals surface area contributed by atoms with E-state index in [1.54, 1.807) is 0 Å². The van der Waals surface area contributed by atoms with Crippen LogP contribution in [-0.4, -0.2) is 11.7 Å². The standard InChI is InChI=1S/C21H18Cl2N4/c1-14-2-12-19(13-3-14)25-21(24)27-26-20(15-4-8-17(22)9-5-15)16-6-10-18(23)11-7-16/h2-13H,1H3,(H3,24,25,27). The smallest absolute Gasteiger partial charge is 0.214 e. The molecule has 0 aliphatic heterocycles. The van der Waals surface area contributed by atoms with Crippen LogP contribution in [0.5, 0.6) is 0 Å². The molecule has 0 aromatic heterocycles. The lowest BCUT2D eigenvalue weighted by molar-refractivity contribution is 1.01. The van der Waals surface area contributed by atoms with Crippen LogP contribution >= 0.6 is 23.2 Å². The first-order valence-corrected chi connectivity index (χ1v) is 9.03. The predicted molar refractivity (Wildman–Crippen MR) is 114 cm³/mol. The summed E-state index contributed by atoms with van der Waals surface area (Å²) in [6.45, 7) is 2.02. The third kappa shape index (κ3) is 5.33. The molecule has 0 fully saturated rings. The first-order valence-electron chi connectivity index (χ1n) is 8.28. The van der Waals surface area contributed by atoms with E-state index in [9.17, 15) is 0 Å². The van der Waals surface area contributed by atoms with Crippen LogP contribution in [0.1, 0.15) is 16.7 Å². The lowest BCUT2D eigenvalue weighted by atomic mass is 10.0. The van der Waals surface area contributed by atoms with Crippen LogP contribution in [-0.2, 0) is 0 Å². The highest BCUT2D eigenvalue weighted by Crippen LogP contribution is 2.17. The molecule has 3 aromatic rings. The molecule has 3 rings (SSSR count). The quantitative estimate of drug-likeness (QED) is 0.357. The number of guanidine groups is 1. The molecule has 0 aliphatic rings. The Morgan fingerprint density at radius 3 is 1.74 bits per heavy atom. The van der Waals surface area contributed by atoms with Crippen molar-refractivity contribution in [3.8, 4) is 0 Å². The number of benzene rings is 3. The highest BCUT2D eigenvalue weighted by atomic mass is 35.5. The van der Waals surface area contributed by atoms with Gasteiger partial charge in [-0.3, -0.25) is 0 Å². The molecule has 0 spiro atoms. The summed E-state index contributed by atoms with van der Waals surface area (Å²) in [6.07, 6.45) is 0. The third-order valence-corrected chi connectivity index (χ3v) is 4.31. The molecule has 0 amide bonds. The molecule has 136 valence electrons. The second-order valence-corrected chi connectivity index (χ2v) is 6.79.